The van der Waals surface area contributed by atoms with Crippen LogP contribution in [0.4, 0.5) is 0 Å². The first-order valence-corrected chi connectivity index (χ1v) is 21.9. The van der Waals surface area contributed by atoms with Crippen LogP contribution in [-0.2, 0) is 32.2 Å². The summed E-state index contributed by atoms with van der Waals surface area (Å²) in [5, 5.41) is 6.30. The molecule has 2 heterocycles. The van der Waals surface area contributed by atoms with E-state index in [4.69, 9.17) is 37.8 Å². The topological polar surface area (TPSA) is 208 Å². The highest BCUT2D eigenvalue weighted by Gasteiger charge is 2.38. The van der Waals surface area contributed by atoms with Crippen LogP contribution in [0.3, 0.4) is 0 Å². The molecule has 0 radical (unpaired) electrons. The molecule has 1 aromatic heterocycles. The molecule has 276 valence electrons. The molecule has 3 unspecified atom stereocenters. The molecule has 1 aliphatic heterocycles. The molecular weight excluding hydrogens is 778 g/mol. The van der Waals surface area contributed by atoms with E-state index < -0.39 is 38.7 Å². The van der Waals surface area contributed by atoms with Gasteiger partial charge in [0.2, 0.25) is 5.91 Å². The average molecular weight is 821 g/mol. The molecule has 0 saturated carbocycles. The number of H-pyrrole nitrogens is 1. The van der Waals surface area contributed by atoms with Crippen molar-refractivity contribution in [1.82, 2.24) is 14.9 Å². The van der Waals surface area contributed by atoms with E-state index in [1.165, 1.54) is 21.6 Å². The third kappa shape index (κ3) is 19.7. The number of hydrogen-bond donors (Lipinski definition) is 3. The molecule has 16 nitrogen and oxygen atoms in total. The van der Waals surface area contributed by atoms with Gasteiger partial charge in [0.25, 0.3) is 5.56 Å². The van der Waals surface area contributed by atoms with Crippen LogP contribution < -0.4 is 16.6 Å². The molecule has 1 fully saturated rings. The second-order valence-corrected chi connectivity index (χ2v) is 20.0. The zero-order valence-corrected chi connectivity index (χ0v) is 34.0. The number of hydrogen-bond acceptors (Lipinski definition) is 15. The fourth-order valence-electron chi connectivity index (χ4n) is 3.73. The van der Waals surface area contributed by atoms with Crippen molar-refractivity contribution in [3.05, 3.63) is 43.0 Å². The lowest BCUT2D eigenvalue weighted by Crippen LogP contribution is -2.35. The van der Waals surface area contributed by atoms with Crippen molar-refractivity contribution in [2.75, 3.05) is 38.2 Å². The second kappa shape index (κ2) is 24.6. The molecule has 1 amide bonds. The minimum Gasteiger partial charge on any atom is -0.364 e. The van der Waals surface area contributed by atoms with Crippen LogP contribution in [0.15, 0.2) is 20.9 Å². The van der Waals surface area contributed by atoms with Crippen LogP contribution in [0.1, 0.15) is 65.7 Å². The molecule has 1 aromatic rings. The van der Waals surface area contributed by atoms with Crippen molar-refractivity contribution in [2.45, 2.75) is 81.8 Å². The quantitative estimate of drug-likeness (QED) is 0.0179. The Labute approximate surface area is 306 Å². The first-order chi connectivity index (χ1) is 23.3. The first-order valence-electron chi connectivity index (χ1n) is 14.8. The third-order valence-corrected chi connectivity index (χ3v) is 13.4. The lowest BCUT2D eigenvalue weighted by Gasteiger charge is -2.23. The van der Waals surface area contributed by atoms with Crippen LogP contribution in [-0.4, -0.2) is 80.2 Å². The summed E-state index contributed by atoms with van der Waals surface area (Å²) in [7, 11) is 4.94. The third-order valence-electron chi connectivity index (χ3n) is 5.82. The van der Waals surface area contributed by atoms with E-state index in [9.17, 15) is 14.4 Å². The molecule has 1 saturated heterocycles. The van der Waals surface area contributed by atoms with E-state index in [2.05, 4.69) is 52.9 Å². The van der Waals surface area contributed by atoms with Crippen LogP contribution in [0, 0.1) is 11.8 Å². The summed E-state index contributed by atoms with van der Waals surface area (Å²) < 4.78 is 34.5. The maximum absolute atomic E-state index is 12.8. The van der Waals surface area contributed by atoms with E-state index in [1.807, 2.05) is 13.8 Å². The van der Waals surface area contributed by atoms with Gasteiger partial charge in [-0.05, 0) is 25.8 Å². The van der Waals surface area contributed by atoms with Gasteiger partial charge in [0.05, 0.1) is 12.7 Å². The summed E-state index contributed by atoms with van der Waals surface area (Å²) in [6.07, 6.45) is 0.864. The highest BCUT2D eigenvalue weighted by Crippen LogP contribution is 2.38. The molecule has 3 N–H and O–H groups in total. The van der Waals surface area contributed by atoms with E-state index in [0.29, 0.717) is 37.7 Å². The summed E-state index contributed by atoms with van der Waals surface area (Å²) in [4.78, 5) is 51.0. The summed E-state index contributed by atoms with van der Waals surface area (Å²) in [6, 6.07) is 0. The van der Waals surface area contributed by atoms with Crippen molar-refractivity contribution in [3.8, 4) is 11.8 Å². The SMILES string of the molecule is CC(C)(C)SSCO[C@@H]1C[C@H](n2cc(C#CCOCSSC(C)(C)CNC(=O)CCCN=[N+]=[N-])c(=O)[nH]c2=O)O[C@@H]1COPOPOPO. The fourth-order valence-corrected chi connectivity index (χ4v) is 9.16. The number of aromatic amines is 1. The van der Waals surface area contributed by atoms with Gasteiger partial charge in [0.15, 0.2) is 27.1 Å². The van der Waals surface area contributed by atoms with Gasteiger partial charge in [-0.15, -0.1) is 0 Å². The number of nitrogens with one attached hydrogen (secondary N) is 2. The van der Waals surface area contributed by atoms with E-state index in [1.54, 1.807) is 32.4 Å². The van der Waals surface area contributed by atoms with E-state index in [-0.39, 0.29) is 58.8 Å². The number of carbonyl (C=O) groups excluding carboxylic acids is 1. The summed E-state index contributed by atoms with van der Waals surface area (Å²) >= 11 is 0. The molecule has 6 atom stereocenters. The van der Waals surface area contributed by atoms with Gasteiger partial charge in [0, 0.05) is 46.5 Å². The van der Waals surface area contributed by atoms with Crippen molar-refractivity contribution in [3.63, 3.8) is 0 Å². The van der Waals surface area contributed by atoms with Crippen molar-refractivity contribution >= 4 is 76.2 Å². The predicted octanol–water partition coefficient (Wildman–Crippen LogP) is 5.61. The fraction of sp³-hybridized carbons (Fsp3) is 0.731. The summed E-state index contributed by atoms with van der Waals surface area (Å²) in [6.45, 7) is 11.3. The largest absolute Gasteiger partial charge is 0.364 e. The number of azide groups is 1. The maximum Gasteiger partial charge on any atom is 0.330 e. The molecule has 2 rings (SSSR count). The minimum atomic E-state index is -0.732. The summed E-state index contributed by atoms with van der Waals surface area (Å²) in [5.74, 6) is 6.21. The van der Waals surface area contributed by atoms with Gasteiger partial charge in [-0.2, -0.15) is 0 Å². The zero-order valence-electron chi connectivity index (χ0n) is 27.7. The van der Waals surface area contributed by atoms with E-state index >= 15 is 0 Å². The average Bonchev–Trinajstić information content (AvgIpc) is 3.44. The maximum atomic E-state index is 12.8. The second-order valence-electron chi connectivity index (χ2n) is 11.5. The Bertz CT molecular complexity index is 1390. The Morgan fingerprint density at radius 1 is 1.22 bits per heavy atom. The van der Waals surface area contributed by atoms with Gasteiger partial charge in [0.1, 0.15) is 36.4 Å². The minimum absolute atomic E-state index is 0.0553. The normalized spacial score (nSPS) is 18.4. The van der Waals surface area contributed by atoms with Crippen LogP contribution in [0.25, 0.3) is 10.4 Å². The van der Waals surface area contributed by atoms with Crippen molar-refractivity contribution in [2.24, 2.45) is 5.11 Å². The Morgan fingerprint density at radius 3 is 2.73 bits per heavy atom. The number of amides is 1. The molecule has 23 heteroatoms. The molecule has 1 aliphatic rings. The van der Waals surface area contributed by atoms with Gasteiger partial charge < -0.3 is 28.9 Å². The highest BCUT2D eigenvalue weighted by molar-refractivity contribution is 8.77. The lowest BCUT2D eigenvalue weighted by molar-refractivity contribution is -0.121. The number of aromatic nitrogens is 2. The number of nitrogens with zero attached hydrogens (tertiary/aromatic N) is 4. The van der Waals surface area contributed by atoms with Crippen LogP contribution in [0.5, 0.6) is 0 Å². The zero-order chi connectivity index (χ0) is 36.1. The van der Waals surface area contributed by atoms with E-state index in [0.717, 1.165) is 0 Å². The molecular formula is C26H43N6O10P3S4. The highest BCUT2D eigenvalue weighted by atomic mass is 33.1. The molecule has 0 aromatic carbocycles. The Balaban J connectivity index is 1.90. The van der Waals surface area contributed by atoms with Crippen molar-refractivity contribution < 1.29 is 37.0 Å². The molecule has 0 spiro atoms. The van der Waals surface area contributed by atoms with Gasteiger partial charge in [-0.25, -0.2) is 4.79 Å². The Hall–Kier alpha value is -0.570. The number of carbonyl (C=O) groups is 1. The summed E-state index contributed by atoms with van der Waals surface area (Å²) in [5.41, 5.74) is 7.13. The van der Waals surface area contributed by atoms with Gasteiger partial charge in [-0.3, -0.25) is 27.8 Å². The van der Waals surface area contributed by atoms with Gasteiger partial charge in [-0.1, -0.05) is 80.9 Å². The molecule has 0 aliphatic carbocycles. The Morgan fingerprint density at radius 2 is 2.00 bits per heavy atom. The van der Waals surface area contributed by atoms with Gasteiger partial charge >= 0.3 is 5.69 Å². The standard InChI is InChI=1S/C26H43N6O10P3S4/c1-25(2,3)48-47-17-38-19-12-22(40-20(19)14-39-44-42-45-41-43-36)32-13-18(23(34)30-24(32)35)8-7-11-37-16-46-49-26(4,5)15-28-21(33)9-6-10-29-31-27/h13,19-20,22,36,43-45H,6,9-12,14-17H2,1-5H3,(H,28,33)(H,30,34,35)/t19-,20-,22-/m1/s1. The predicted molar refractivity (Wildman–Crippen MR) is 203 cm³/mol. The molecule has 0 bridgehead atoms. The smallest absolute Gasteiger partial charge is 0.330 e. The molecule has 49 heavy (non-hydrogen) atoms. The first kappa shape index (κ1) is 44.6. The lowest BCUT2D eigenvalue weighted by atomic mass is 10.2. The number of ether oxygens (including phenoxy) is 3. The van der Waals surface area contributed by atoms with Crippen LogP contribution >= 0.6 is 70.3 Å². The monoisotopic (exact) mass is 820 g/mol. The Kier molecular flexibility index (Phi) is 22.4. The number of rotatable bonds is 23. The van der Waals surface area contributed by atoms with Crippen LogP contribution in [0.2, 0.25) is 0 Å². The van der Waals surface area contributed by atoms with Crippen molar-refractivity contribution in [1.29, 1.82) is 0 Å².